The van der Waals surface area contributed by atoms with Gasteiger partial charge in [0.2, 0.25) is 5.13 Å². The summed E-state index contributed by atoms with van der Waals surface area (Å²) in [4.78, 5) is 4.73. The van der Waals surface area contributed by atoms with Crippen LogP contribution in [0.25, 0.3) is 10.2 Å². The molecule has 2 heterocycles. The zero-order valence-electron chi connectivity index (χ0n) is 15.3. The van der Waals surface area contributed by atoms with E-state index in [1.165, 1.54) is 34.6 Å². The van der Waals surface area contributed by atoms with Crippen LogP contribution in [0.4, 0.5) is 9.52 Å². The lowest BCUT2D eigenvalue weighted by atomic mass is 9.98. The van der Waals surface area contributed by atoms with Crippen LogP contribution < -0.4 is 5.01 Å². The summed E-state index contributed by atoms with van der Waals surface area (Å²) in [5, 5.41) is 7.72. The average Bonchev–Trinajstić information content (AvgIpc) is 3.33. The number of fused-ring (bicyclic) bond motifs is 1. The van der Waals surface area contributed by atoms with Crippen LogP contribution in [-0.4, -0.2) is 10.7 Å². The third-order valence-corrected chi connectivity index (χ3v) is 6.02. The van der Waals surface area contributed by atoms with Gasteiger partial charge in [0.1, 0.15) is 5.82 Å². The molecule has 5 heteroatoms. The van der Waals surface area contributed by atoms with Gasteiger partial charge in [0, 0.05) is 6.42 Å². The van der Waals surface area contributed by atoms with E-state index >= 15 is 0 Å². The Hall–Kier alpha value is -3.05. The fourth-order valence-electron chi connectivity index (χ4n) is 3.52. The van der Waals surface area contributed by atoms with E-state index < -0.39 is 0 Å². The first-order valence-corrected chi connectivity index (χ1v) is 10.0. The number of anilines is 1. The number of aryl methyl sites for hydroxylation is 1. The lowest BCUT2D eigenvalue weighted by molar-refractivity contribution is 0.630. The lowest BCUT2D eigenvalue weighted by Crippen LogP contribution is -2.18. The van der Waals surface area contributed by atoms with Crippen molar-refractivity contribution in [2.24, 2.45) is 5.10 Å². The average molecular weight is 387 g/mol. The Kier molecular flexibility index (Phi) is 4.17. The highest BCUT2D eigenvalue weighted by Crippen LogP contribution is 2.40. The van der Waals surface area contributed by atoms with Gasteiger partial charge in [0.25, 0.3) is 0 Å². The summed E-state index contributed by atoms with van der Waals surface area (Å²) >= 11 is 1.48. The highest BCUT2D eigenvalue weighted by atomic mass is 32.1. The number of nitrogens with zero attached hydrogens (tertiary/aromatic N) is 3. The molecule has 1 unspecified atom stereocenters. The first-order valence-electron chi connectivity index (χ1n) is 9.22. The van der Waals surface area contributed by atoms with Crippen LogP contribution in [0.5, 0.6) is 0 Å². The number of hydrogen-bond acceptors (Lipinski definition) is 4. The number of aromatic nitrogens is 1. The highest BCUT2D eigenvalue weighted by molar-refractivity contribution is 7.22. The minimum absolute atomic E-state index is 0.0706. The Morgan fingerprint density at radius 3 is 2.57 bits per heavy atom. The molecule has 3 aromatic carbocycles. The molecule has 0 amide bonds. The van der Waals surface area contributed by atoms with E-state index in [9.17, 15) is 4.39 Å². The monoisotopic (exact) mass is 387 g/mol. The summed E-state index contributed by atoms with van der Waals surface area (Å²) in [6, 6.07) is 23.6. The Labute approximate surface area is 166 Å². The number of benzene rings is 3. The number of halogens is 1. The molecule has 28 heavy (non-hydrogen) atoms. The quantitative estimate of drug-likeness (QED) is 0.425. The molecule has 0 N–H and O–H groups in total. The molecule has 1 aliphatic rings. The molecule has 5 rings (SSSR count). The van der Waals surface area contributed by atoms with E-state index in [0.717, 1.165) is 33.0 Å². The van der Waals surface area contributed by atoms with Crippen LogP contribution in [0.15, 0.2) is 77.9 Å². The van der Waals surface area contributed by atoms with Gasteiger partial charge in [-0.15, -0.1) is 0 Å². The number of hydrazone groups is 1. The molecule has 4 aromatic rings. The van der Waals surface area contributed by atoms with Gasteiger partial charge in [0.15, 0.2) is 0 Å². The molecule has 0 fully saturated rings. The second-order valence-corrected chi connectivity index (χ2v) is 8.01. The van der Waals surface area contributed by atoms with E-state index in [4.69, 9.17) is 10.1 Å². The van der Waals surface area contributed by atoms with Gasteiger partial charge in [-0.3, -0.25) is 0 Å². The maximum atomic E-state index is 13.6. The number of rotatable bonds is 3. The number of hydrogen-bond donors (Lipinski definition) is 0. The highest BCUT2D eigenvalue weighted by Gasteiger charge is 2.31. The Morgan fingerprint density at radius 2 is 1.79 bits per heavy atom. The molecule has 138 valence electrons. The smallest absolute Gasteiger partial charge is 0.207 e. The van der Waals surface area contributed by atoms with Gasteiger partial charge in [0.05, 0.1) is 22.0 Å². The minimum Gasteiger partial charge on any atom is -0.231 e. The predicted octanol–water partition coefficient (Wildman–Crippen LogP) is 6.10. The van der Waals surface area contributed by atoms with Crippen molar-refractivity contribution >= 4 is 32.4 Å². The molecule has 0 radical (unpaired) electrons. The lowest BCUT2D eigenvalue weighted by Gasteiger charge is -2.21. The maximum absolute atomic E-state index is 13.6. The number of thiazole rings is 1. The van der Waals surface area contributed by atoms with Crippen LogP contribution in [0.1, 0.15) is 29.2 Å². The summed E-state index contributed by atoms with van der Waals surface area (Å²) in [6.45, 7) is 2.09. The molecular formula is C23H18FN3S. The third-order valence-electron chi connectivity index (χ3n) is 5.01. The molecule has 1 aliphatic heterocycles. The predicted molar refractivity (Wildman–Crippen MR) is 114 cm³/mol. The van der Waals surface area contributed by atoms with Crippen molar-refractivity contribution in [3.63, 3.8) is 0 Å². The van der Waals surface area contributed by atoms with Crippen molar-refractivity contribution in [3.05, 3.63) is 95.3 Å². The van der Waals surface area contributed by atoms with E-state index in [1.54, 1.807) is 6.07 Å². The minimum atomic E-state index is -0.243. The van der Waals surface area contributed by atoms with Gasteiger partial charge in [-0.2, -0.15) is 5.10 Å². The Bertz CT molecular complexity index is 1170. The molecule has 0 saturated heterocycles. The van der Waals surface area contributed by atoms with Gasteiger partial charge in [-0.25, -0.2) is 14.4 Å². The van der Waals surface area contributed by atoms with Crippen molar-refractivity contribution < 1.29 is 4.39 Å². The Morgan fingerprint density at radius 1 is 1.00 bits per heavy atom. The molecular weight excluding hydrogens is 369 g/mol. The first kappa shape index (κ1) is 17.1. The molecule has 0 bridgehead atoms. The van der Waals surface area contributed by atoms with Crippen molar-refractivity contribution in [3.8, 4) is 0 Å². The van der Waals surface area contributed by atoms with E-state index in [-0.39, 0.29) is 11.9 Å². The molecule has 0 saturated carbocycles. The zero-order chi connectivity index (χ0) is 19.1. The summed E-state index contributed by atoms with van der Waals surface area (Å²) in [7, 11) is 0. The van der Waals surface area contributed by atoms with Crippen LogP contribution in [-0.2, 0) is 0 Å². The zero-order valence-corrected chi connectivity index (χ0v) is 16.2. The second kappa shape index (κ2) is 6.84. The molecule has 1 atom stereocenters. The summed E-state index contributed by atoms with van der Waals surface area (Å²) < 4.78 is 14.5. The van der Waals surface area contributed by atoms with Gasteiger partial charge in [-0.05, 0) is 36.2 Å². The van der Waals surface area contributed by atoms with Crippen LogP contribution in [0, 0.1) is 12.7 Å². The standard InChI is InChI=1S/C23H18FN3S/c1-15-7-9-17(10-8-15)21-14-20(16-5-3-2-4-6-16)26-27(21)23-25-19-12-11-18(24)13-22(19)28-23/h2-13,21H,14H2,1H3. The van der Waals surface area contributed by atoms with E-state index in [2.05, 4.69) is 43.3 Å². The molecule has 1 aromatic heterocycles. The topological polar surface area (TPSA) is 28.5 Å². The molecule has 3 nitrogen and oxygen atoms in total. The SMILES string of the molecule is Cc1ccc(C2CC(c3ccccc3)=NN2c2nc3ccc(F)cc3s2)cc1. The summed E-state index contributed by atoms with van der Waals surface area (Å²) in [5.41, 5.74) is 5.39. The van der Waals surface area contributed by atoms with E-state index in [0.29, 0.717) is 0 Å². The van der Waals surface area contributed by atoms with Gasteiger partial charge < -0.3 is 0 Å². The normalized spacial score (nSPS) is 16.6. The van der Waals surface area contributed by atoms with Crippen molar-refractivity contribution in [2.75, 3.05) is 5.01 Å². The molecule has 0 spiro atoms. The fourth-order valence-corrected chi connectivity index (χ4v) is 4.52. The largest absolute Gasteiger partial charge is 0.231 e. The fraction of sp³-hybridized carbons (Fsp3) is 0.130. The van der Waals surface area contributed by atoms with Crippen LogP contribution in [0.3, 0.4) is 0 Å². The summed E-state index contributed by atoms with van der Waals surface area (Å²) in [6.07, 6.45) is 0.803. The van der Waals surface area contributed by atoms with Crippen molar-refractivity contribution in [2.45, 2.75) is 19.4 Å². The Balaban J connectivity index is 1.60. The first-order chi connectivity index (χ1) is 13.7. The summed E-state index contributed by atoms with van der Waals surface area (Å²) in [5.74, 6) is -0.243. The second-order valence-electron chi connectivity index (χ2n) is 7.00. The van der Waals surface area contributed by atoms with Crippen LogP contribution in [0.2, 0.25) is 0 Å². The van der Waals surface area contributed by atoms with Crippen LogP contribution >= 0.6 is 11.3 Å². The maximum Gasteiger partial charge on any atom is 0.207 e. The van der Waals surface area contributed by atoms with Gasteiger partial charge >= 0.3 is 0 Å². The third kappa shape index (κ3) is 3.08. The van der Waals surface area contributed by atoms with Crippen molar-refractivity contribution in [1.29, 1.82) is 0 Å². The van der Waals surface area contributed by atoms with Crippen molar-refractivity contribution in [1.82, 2.24) is 4.98 Å². The molecule has 0 aliphatic carbocycles. The van der Waals surface area contributed by atoms with E-state index in [1.807, 2.05) is 23.2 Å². The van der Waals surface area contributed by atoms with Gasteiger partial charge in [-0.1, -0.05) is 71.5 Å².